The minimum absolute atomic E-state index is 0. The molecule has 0 radical (unpaired) electrons. The number of aromatic nitrogens is 4. The van der Waals surface area contributed by atoms with E-state index in [-0.39, 0.29) is 54.4 Å². The molecule has 392 valence electrons. The molecule has 70 heavy (non-hydrogen) atoms. The minimum Gasteiger partial charge on any atom is -0.462 e. The number of carbonyl (C=O) groups excluding carboxylic acids is 4. The summed E-state index contributed by atoms with van der Waals surface area (Å²) in [6, 6.07) is 0. The summed E-state index contributed by atoms with van der Waals surface area (Å²) in [6.45, 7) is 18.4. The van der Waals surface area contributed by atoms with Gasteiger partial charge in [0.15, 0.2) is 5.78 Å². The summed E-state index contributed by atoms with van der Waals surface area (Å²) >= 11 is 3.43. The van der Waals surface area contributed by atoms with Crippen molar-refractivity contribution in [1.82, 2.24) is 20.0 Å². The molecule has 10 rings (SSSR count). The first-order valence-corrected chi connectivity index (χ1v) is 28.2. The Hall–Kier alpha value is -2.90. The van der Waals surface area contributed by atoms with Crippen molar-refractivity contribution in [3.8, 4) is 0 Å². The topological polar surface area (TPSA) is 174 Å². The quantitative estimate of drug-likeness (QED) is 0.162. The summed E-state index contributed by atoms with van der Waals surface area (Å²) < 4.78 is 11.3. The molecule has 0 bridgehead atoms. The van der Waals surface area contributed by atoms with Crippen LogP contribution in [0.3, 0.4) is 0 Å². The molecule has 0 unspecified atom stereocenters. The van der Waals surface area contributed by atoms with Crippen LogP contribution in [0.25, 0.3) is 0 Å². The highest BCUT2D eigenvalue weighted by Gasteiger charge is 2.63. The molecule has 0 aliphatic heterocycles. The Balaban J connectivity index is 0.000000175. The van der Waals surface area contributed by atoms with Crippen LogP contribution >= 0.6 is 15.9 Å². The number of fused-ring (bicyclic) bond motifs is 10. The molecule has 12 nitrogen and oxygen atoms in total. The van der Waals surface area contributed by atoms with E-state index in [0.717, 1.165) is 81.5 Å². The van der Waals surface area contributed by atoms with E-state index in [1.807, 2.05) is 13.8 Å². The highest BCUT2D eigenvalue weighted by molar-refractivity contribution is 9.09. The number of hydrogen-bond acceptors (Lipinski definition) is 10. The Morgan fingerprint density at radius 2 is 1.10 bits per heavy atom. The van der Waals surface area contributed by atoms with Crippen LogP contribution in [0.2, 0.25) is 0 Å². The van der Waals surface area contributed by atoms with Gasteiger partial charge >= 0.3 is 11.9 Å². The maximum Gasteiger partial charge on any atom is 0.341 e. The fraction of sp³-hybridized carbons (Fsp3) is 0.825. The number of hydrogen-bond donors (Lipinski definition) is 3. The van der Waals surface area contributed by atoms with E-state index in [1.165, 1.54) is 76.4 Å². The van der Waals surface area contributed by atoms with Gasteiger partial charge in [-0.25, -0.2) is 9.59 Å². The maximum atomic E-state index is 13.5. The van der Waals surface area contributed by atoms with Crippen molar-refractivity contribution < 1.29 is 38.9 Å². The van der Waals surface area contributed by atoms with E-state index >= 15 is 0 Å². The molecule has 8 aliphatic rings. The number of carbonyl (C=O) groups is 4. The van der Waals surface area contributed by atoms with Gasteiger partial charge in [0.2, 0.25) is 0 Å². The average molecular weight is 1040 g/mol. The lowest BCUT2D eigenvalue weighted by molar-refractivity contribution is -0.151. The molecular formula is C57H89BrN4O8. The molecule has 0 saturated heterocycles. The van der Waals surface area contributed by atoms with Crippen molar-refractivity contribution in [3.63, 3.8) is 0 Å². The summed E-state index contributed by atoms with van der Waals surface area (Å²) in [5.41, 5.74) is 1.00. The van der Waals surface area contributed by atoms with E-state index in [1.54, 1.807) is 24.7 Å². The van der Waals surface area contributed by atoms with Gasteiger partial charge in [0.05, 0.1) is 59.8 Å². The first-order valence-electron chi connectivity index (χ1n) is 27.0. The van der Waals surface area contributed by atoms with Crippen LogP contribution in [0.1, 0.15) is 199 Å². The molecule has 8 saturated carbocycles. The molecule has 8 aliphatic carbocycles. The van der Waals surface area contributed by atoms with Gasteiger partial charge in [-0.1, -0.05) is 51.1 Å². The van der Waals surface area contributed by atoms with E-state index in [0.29, 0.717) is 70.0 Å². The van der Waals surface area contributed by atoms with Crippen LogP contribution in [0.4, 0.5) is 0 Å². The van der Waals surface area contributed by atoms with Crippen LogP contribution in [0.5, 0.6) is 0 Å². The number of H-pyrrole nitrogens is 1. The second-order valence-electron chi connectivity index (χ2n) is 25.0. The van der Waals surface area contributed by atoms with Gasteiger partial charge in [-0.05, 0) is 212 Å². The number of rotatable bonds is 9. The number of halogens is 1. The first-order chi connectivity index (χ1) is 32.6. The van der Waals surface area contributed by atoms with Crippen LogP contribution in [-0.2, 0) is 25.6 Å². The molecule has 13 heteroatoms. The zero-order valence-corrected chi connectivity index (χ0v) is 44.8. The Kier molecular flexibility index (Phi) is 16.6. The molecule has 0 amide bonds. The number of Topliss-reactive ketones (excluding diaryl/α,β-unsaturated/α-hetero) is 2. The summed E-state index contributed by atoms with van der Waals surface area (Å²) in [5.74, 6) is 6.11. The van der Waals surface area contributed by atoms with Crippen molar-refractivity contribution in [3.05, 3.63) is 35.9 Å². The zero-order chi connectivity index (χ0) is 49.7. The zero-order valence-electron chi connectivity index (χ0n) is 43.2. The average Bonchev–Trinajstić information content (AvgIpc) is 4.14. The predicted octanol–water partition coefficient (Wildman–Crippen LogP) is 11.6. The smallest absolute Gasteiger partial charge is 0.341 e. The first kappa shape index (κ1) is 54.9. The number of aliphatic hydroxyl groups is 2. The van der Waals surface area contributed by atoms with E-state index in [2.05, 4.69) is 63.7 Å². The SMILES string of the molecule is C.CCOC(=O)c1cn[nH]c1.CCOC(=O)c1cnn(CC(=O)[C@H]2CC[C@H]3[C@@H]4CC[C@@H]5C[C@](C)(O)CC[C@]5(C)[C@H]4CC[C@]23C)c1.C[C@@]1(O)CC[C@@]2(C)[C@H](CC[C@@H]3[C@@H]2CC[C@]2(C)[C@@H](C(=O)CBr)CC[C@@H]32)C1. The molecule has 0 spiro atoms. The van der Waals surface area contributed by atoms with Crippen LogP contribution in [0.15, 0.2) is 24.8 Å². The number of aromatic amines is 1. The van der Waals surface area contributed by atoms with Crippen molar-refractivity contribution >= 4 is 39.4 Å². The fourth-order valence-electron chi connectivity index (χ4n) is 17.6. The Bertz CT molecular complexity index is 2160. The third kappa shape index (κ3) is 10.3. The van der Waals surface area contributed by atoms with E-state index in [4.69, 9.17) is 4.74 Å². The molecule has 16 atom stereocenters. The summed E-state index contributed by atoms with van der Waals surface area (Å²) in [5, 5.41) is 32.2. The fourth-order valence-corrected chi connectivity index (χ4v) is 18.0. The van der Waals surface area contributed by atoms with Crippen molar-refractivity contribution in [2.75, 3.05) is 18.5 Å². The minimum atomic E-state index is -0.495. The molecular weight excluding hydrogens is 949 g/mol. The Morgan fingerprint density at radius 3 is 1.56 bits per heavy atom. The lowest BCUT2D eigenvalue weighted by Gasteiger charge is -2.61. The largest absolute Gasteiger partial charge is 0.462 e. The molecule has 2 heterocycles. The second-order valence-corrected chi connectivity index (χ2v) is 25.5. The number of ether oxygens (including phenoxy) is 2. The van der Waals surface area contributed by atoms with E-state index in [9.17, 15) is 29.4 Å². The van der Waals surface area contributed by atoms with Crippen LogP contribution in [-0.4, -0.2) is 83.4 Å². The molecule has 0 aromatic carbocycles. The summed E-state index contributed by atoms with van der Waals surface area (Å²) in [4.78, 5) is 48.8. The lowest BCUT2D eigenvalue weighted by Crippen LogP contribution is -2.55. The van der Waals surface area contributed by atoms with Crippen LogP contribution < -0.4 is 0 Å². The van der Waals surface area contributed by atoms with Gasteiger partial charge in [0.1, 0.15) is 5.78 Å². The van der Waals surface area contributed by atoms with Crippen molar-refractivity contribution in [1.29, 1.82) is 0 Å². The Morgan fingerprint density at radius 1 is 0.629 bits per heavy atom. The van der Waals surface area contributed by atoms with Crippen molar-refractivity contribution in [2.24, 2.45) is 80.8 Å². The third-order valence-corrected chi connectivity index (χ3v) is 21.8. The van der Waals surface area contributed by atoms with Crippen molar-refractivity contribution in [2.45, 2.75) is 196 Å². The lowest BCUT2D eigenvalue weighted by atomic mass is 9.44. The van der Waals surface area contributed by atoms with Gasteiger partial charge in [-0.2, -0.15) is 10.2 Å². The highest BCUT2D eigenvalue weighted by atomic mass is 79.9. The number of nitrogens with one attached hydrogen (secondary N) is 1. The number of esters is 2. The number of alkyl halides is 1. The molecule has 2 aromatic heterocycles. The predicted molar refractivity (Wildman–Crippen MR) is 275 cm³/mol. The van der Waals surface area contributed by atoms with Gasteiger partial charge in [0.25, 0.3) is 0 Å². The van der Waals surface area contributed by atoms with Gasteiger partial charge in [0, 0.05) is 24.2 Å². The Labute approximate surface area is 427 Å². The van der Waals surface area contributed by atoms with E-state index < -0.39 is 11.2 Å². The summed E-state index contributed by atoms with van der Waals surface area (Å²) in [6.07, 6.45) is 26.7. The number of nitrogens with zero attached hydrogens (tertiary/aromatic N) is 3. The van der Waals surface area contributed by atoms with Gasteiger partial charge < -0.3 is 19.7 Å². The molecule has 8 fully saturated rings. The molecule has 3 N–H and O–H groups in total. The van der Waals surface area contributed by atoms with Crippen LogP contribution in [0, 0.1) is 80.8 Å². The normalized spacial score (nSPS) is 42.2. The molecule has 2 aromatic rings. The monoisotopic (exact) mass is 1040 g/mol. The maximum absolute atomic E-state index is 13.5. The number of ketones is 2. The standard InChI is InChI=1S/C28H42N2O4.C22H35BrO2.C6H8N2O2.CH4/c1-5-34-25(32)18-15-29-30(16-18)17-24(31)23-9-8-21-20-7-6-19-14-26(2,33)12-13-27(19,3)22(20)10-11-28(21,23)4;1-20(25)10-11-21(2)14(12-20)4-5-15-16-6-7-18(19(24)13-23)22(16,3)9-8-17(15)21;1-2-10-6(9)5-3-7-8-4-5;/h15-16,19-23,33H,5-14,17H2,1-4H3;14-18,25H,4-13H2,1-3H3;3-4H,2H2,1H3,(H,7,8);1H4/t19-,20+,21+,22+,23-,26-,27+,28+;14-,15+,16+,17+,18-,20-,21+,22+;;/m11../s1. The summed E-state index contributed by atoms with van der Waals surface area (Å²) in [7, 11) is 0. The van der Waals surface area contributed by atoms with Gasteiger partial charge in [-0.15, -0.1) is 0 Å². The third-order valence-electron chi connectivity index (χ3n) is 21.3. The highest BCUT2D eigenvalue weighted by Crippen LogP contribution is 2.70. The second kappa shape index (κ2) is 21.1. The van der Waals surface area contributed by atoms with Gasteiger partial charge in [-0.3, -0.25) is 19.4 Å².